The number of ether oxygens (including phenoxy) is 1. The topological polar surface area (TPSA) is 33.3 Å². The molecule has 0 aliphatic carbocycles. The molecule has 1 aliphatic heterocycles. The third-order valence-electron chi connectivity index (χ3n) is 2.35. The van der Waals surface area contributed by atoms with Crippen LogP contribution in [0, 0.1) is 0 Å². The van der Waals surface area contributed by atoms with E-state index in [1.807, 2.05) is 0 Å². The average Bonchev–Trinajstić information content (AvgIpc) is 2.19. The van der Waals surface area contributed by atoms with Crippen molar-refractivity contribution in [3.05, 3.63) is 0 Å². The van der Waals surface area contributed by atoms with Crippen molar-refractivity contribution >= 4 is 0 Å². The van der Waals surface area contributed by atoms with Crippen LogP contribution in [0.5, 0.6) is 0 Å². The summed E-state index contributed by atoms with van der Waals surface area (Å²) in [4.78, 5) is 0. The van der Waals surface area contributed by atoms with Gasteiger partial charge >= 0.3 is 0 Å². The monoisotopic (exact) mass is 186 g/mol. The van der Waals surface area contributed by atoms with Gasteiger partial charge in [0, 0.05) is 13.1 Å². The molecule has 1 heterocycles. The fraction of sp³-hybridized carbons (Fsp3) is 1.00. The minimum atomic E-state index is 0.433. The van der Waals surface area contributed by atoms with E-state index >= 15 is 0 Å². The van der Waals surface area contributed by atoms with Gasteiger partial charge in [0.25, 0.3) is 0 Å². The molecule has 1 rings (SSSR count). The fourth-order valence-electron chi connectivity index (χ4n) is 1.49. The Kier molecular flexibility index (Phi) is 6.15. The number of nitrogens with one attached hydrogen (secondary N) is 2. The molecule has 78 valence electrons. The van der Waals surface area contributed by atoms with Crippen LogP contribution in [0.3, 0.4) is 0 Å². The summed E-state index contributed by atoms with van der Waals surface area (Å²) in [6, 6.07) is 0. The van der Waals surface area contributed by atoms with Gasteiger partial charge in [0.2, 0.25) is 0 Å². The number of morpholine rings is 1. The van der Waals surface area contributed by atoms with Gasteiger partial charge in [-0.1, -0.05) is 13.3 Å². The molecule has 3 nitrogen and oxygen atoms in total. The van der Waals surface area contributed by atoms with Gasteiger partial charge in [0.1, 0.15) is 0 Å². The third-order valence-corrected chi connectivity index (χ3v) is 2.35. The zero-order chi connectivity index (χ0) is 9.36. The zero-order valence-corrected chi connectivity index (χ0v) is 8.64. The number of rotatable bonds is 6. The van der Waals surface area contributed by atoms with E-state index in [1.165, 1.54) is 12.8 Å². The van der Waals surface area contributed by atoms with Crippen LogP contribution < -0.4 is 10.6 Å². The summed E-state index contributed by atoms with van der Waals surface area (Å²) in [5.41, 5.74) is 0. The van der Waals surface area contributed by atoms with E-state index in [0.717, 1.165) is 39.2 Å². The lowest BCUT2D eigenvalue weighted by Gasteiger charge is -2.23. The van der Waals surface area contributed by atoms with Gasteiger partial charge in [-0.3, -0.25) is 0 Å². The normalized spacial score (nSPS) is 23.3. The lowest BCUT2D eigenvalue weighted by molar-refractivity contribution is 0.0239. The predicted molar refractivity (Wildman–Crippen MR) is 55.0 cm³/mol. The van der Waals surface area contributed by atoms with Crippen LogP contribution in [0.4, 0.5) is 0 Å². The summed E-state index contributed by atoms with van der Waals surface area (Å²) in [6.07, 6.45) is 4.12. The van der Waals surface area contributed by atoms with E-state index in [0.29, 0.717) is 6.10 Å². The van der Waals surface area contributed by atoms with Gasteiger partial charge in [-0.05, 0) is 25.9 Å². The van der Waals surface area contributed by atoms with Gasteiger partial charge in [0.15, 0.2) is 0 Å². The summed E-state index contributed by atoms with van der Waals surface area (Å²) in [6.45, 7) is 7.37. The second-order valence-corrected chi connectivity index (χ2v) is 3.59. The molecular formula is C10H22N2O. The summed E-state index contributed by atoms with van der Waals surface area (Å²) in [7, 11) is 0. The second-order valence-electron chi connectivity index (χ2n) is 3.59. The highest BCUT2D eigenvalue weighted by Crippen LogP contribution is 1.99. The summed E-state index contributed by atoms with van der Waals surface area (Å²) >= 11 is 0. The van der Waals surface area contributed by atoms with E-state index in [2.05, 4.69) is 17.6 Å². The molecule has 0 amide bonds. The Hall–Kier alpha value is -0.120. The maximum absolute atomic E-state index is 5.58. The van der Waals surface area contributed by atoms with E-state index in [-0.39, 0.29) is 0 Å². The first-order valence-corrected chi connectivity index (χ1v) is 5.46. The first-order valence-electron chi connectivity index (χ1n) is 5.46. The Labute approximate surface area is 81.2 Å². The minimum Gasteiger partial charge on any atom is -0.376 e. The Bertz CT molecular complexity index is 113. The summed E-state index contributed by atoms with van der Waals surface area (Å²) in [5, 5.41) is 6.76. The molecule has 1 aliphatic rings. The van der Waals surface area contributed by atoms with Crippen LogP contribution in [0.15, 0.2) is 0 Å². The molecule has 0 aromatic carbocycles. The molecule has 13 heavy (non-hydrogen) atoms. The number of unbranched alkanes of at least 4 members (excludes halogenated alkanes) is 1. The minimum absolute atomic E-state index is 0.433. The van der Waals surface area contributed by atoms with Crippen molar-refractivity contribution in [1.29, 1.82) is 0 Å². The summed E-state index contributed by atoms with van der Waals surface area (Å²) < 4.78 is 5.58. The van der Waals surface area contributed by atoms with Crippen molar-refractivity contribution in [2.75, 3.05) is 32.8 Å². The molecule has 3 heteroatoms. The highest BCUT2D eigenvalue weighted by atomic mass is 16.5. The number of hydrogen-bond acceptors (Lipinski definition) is 3. The zero-order valence-electron chi connectivity index (χ0n) is 8.64. The predicted octanol–water partition coefficient (Wildman–Crippen LogP) is 0.755. The van der Waals surface area contributed by atoms with Crippen molar-refractivity contribution in [2.24, 2.45) is 0 Å². The highest BCUT2D eigenvalue weighted by Gasteiger charge is 2.11. The summed E-state index contributed by atoms with van der Waals surface area (Å²) in [5.74, 6) is 0. The average molecular weight is 186 g/mol. The van der Waals surface area contributed by atoms with Gasteiger partial charge in [-0.2, -0.15) is 0 Å². The molecule has 2 N–H and O–H groups in total. The molecule has 0 saturated carbocycles. The Morgan fingerprint density at radius 1 is 1.46 bits per heavy atom. The third kappa shape index (κ3) is 5.24. The van der Waals surface area contributed by atoms with Crippen LogP contribution in [0.2, 0.25) is 0 Å². The molecule has 1 saturated heterocycles. The molecule has 0 aromatic rings. The molecular weight excluding hydrogens is 164 g/mol. The molecule has 1 unspecified atom stereocenters. The molecule has 1 fully saturated rings. The smallest absolute Gasteiger partial charge is 0.0712 e. The molecule has 1 atom stereocenters. The SMILES string of the molecule is CCCCNCCC1CNCCO1. The van der Waals surface area contributed by atoms with Crippen LogP contribution in [-0.2, 0) is 4.74 Å². The van der Waals surface area contributed by atoms with Crippen molar-refractivity contribution < 1.29 is 4.74 Å². The van der Waals surface area contributed by atoms with Crippen molar-refractivity contribution in [2.45, 2.75) is 32.3 Å². The Morgan fingerprint density at radius 2 is 2.38 bits per heavy atom. The van der Waals surface area contributed by atoms with Crippen molar-refractivity contribution in [3.8, 4) is 0 Å². The van der Waals surface area contributed by atoms with Gasteiger partial charge in [0.05, 0.1) is 12.7 Å². The first-order chi connectivity index (χ1) is 6.43. The van der Waals surface area contributed by atoms with E-state index in [1.54, 1.807) is 0 Å². The van der Waals surface area contributed by atoms with Crippen LogP contribution in [0.25, 0.3) is 0 Å². The first kappa shape index (κ1) is 11.0. The molecule has 0 bridgehead atoms. The second kappa shape index (κ2) is 7.30. The Morgan fingerprint density at radius 3 is 3.08 bits per heavy atom. The Balaban J connectivity index is 1.86. The lowest BCUT2D eigenvalue weighted by atomic mass is 10.2. The van der Waals surface area contributed by atoms with Gasteiger partial charge < -0.3 is 15.4 Å². The maximum atomic E-state index is 5.58. The maximum Gasteiger partial charge on any atom is 0.0712 e. The van der Waals surface area contributed by atoms with E-state index < -0.39 is 0 Å². The highest BCUT2D eigenvalue weighted by molar-refractivity contribution is 4.67. The van der Waals surface area contributed by atoms with E-state index in [4.69, 9.17) is 4.74 Å². The lowest BCUT2D eigenvalue weighted by Crippen LogP contribution is -2.40. The van der Waals surface area contributed by atoms with Gasteiger partial charge in [-0.25, -0.2) is 0 Å². The molecule has 0 spiro atoms. The van der Waals surface area contributed by atoms with Crippen LogP contribution in [0.1, 0.15) is 26.2 Å². The van der Waals surface area contributed by atoms with Gasteiger partial charge in [-0.15, -0.1) is 0 Å². The van der Waals surface area contributed by atoms with Crippen molar-refractivity contribution in [1.82, 2.24) is 10.6 Å². The quantitative estimate of drug-likeness (QED) is 0.601. The van der Waals surface area contributed by atoms with E-state index in [9.17, 15) is 0 Å². The molecule has 0 aromatic heterocycles. The molecule has 0 radical (unpaired) electrons. The standard InChI is InChI=1S/C10H22N2O/c1-2-3-5-11-6-4-10-9-12-7-8-13-10/h10-12H,2-9H2,1H3. The van der Waals surface area contributed by atoms with Crippen LogP contribution in [-0.4, -0.2) is 38.9 Å². The fourth-order valence-corrected chi connectivity index (χ4v) is 1.49. The number of hydrogen-bond donors (Lipinski definition) is 2. The largest absolute Gasteiger partial charge is 0.376 e. The van der Waals surface area contributed by atoms with Crippen molar-refractivity contribution in [3.63, 3.8) is 0 Å². The van der Waals surface area contributed by atoms with Crippen LogP contribution >= 0.6 is 0 Å².